The van der Waals surface area contributed by atoms with Crippen molar-refractivity contribution in [1.29, 1.82) is 0 Å². The number of amides is 2. The Kier molecular flexibility index (Phi) is 8.55. The second-order valence-corrected chi connectivity index (χ2v) is 9.25. The molecule has 10 heteroatoms. The molecule has 0 saturated heterocycles. The molecule has 0 aliphatic heterocycles. The molecule has 2 N–H and O–H groups in total. The SMILES string of the molecule is CCC[C@H](C(=O)NCc1ccco1)N(C(=O)CNS(=O)(=O)c1ccccc1)c1cccc(F)c1. The molecule has 0 unspecified atom stereocenters. The minimum atomic E-state index is -3.96. The van der Waals surface area contributed by atoms with Gasteiger partial charge in [-0.3, -0.25) is 14.5 Å². The standard InChI is InChI=1S/C24H26FN3O5S/c1-2-8-22(24(30)26-16-20-11-7-14-33-20)28(19-10-6-9-18(25)15-19)23(29)17-27-34(31,32)21-12-4-3-5-13-21/h3-7,9-15,22,27H,2,8,16-17H2,1H3,(H,26,30)/t22-/m1/s1. The van der Waals surface area contributed by atoms with Crippen LogP contribution in [0.25, 0.3) is 0 Å². The number of anilines is 1. The number of furan rings is 1. The third kappa shape index (κ3) is 6.52. The molecule has 1 aromatic heterocycles. The summed E-state index contributed by atoms with van der Waals surface area (Å²) in [5, 5.41) is 2.73. The van der Waals surface area contributed by atoms with E-state index in [1.165, 1.54) is 36.6 Å². The van der Waals surface area contributed by atoms with E-state index in [0.29, 0.717) is 12.2 Å². The van der Waals surface area contributed by atoms with Gasteiger partial charge in [0.2, 0.25) is 21.8 Å². The van der Waals surface area contributed by atoms with Gasteiger partial charge in [0.1, 0.15) is 17.6 Å². The van der Waals surface area contributed by atoms with Crippen molar-refractivity contribution in [2.24, 2.45) is 0 Å². The molecule has 0 aliphatic carbocycles. The first kappa shape index (κ1) is 25.1. The summed E-state index contributed by atoms with van der Waals surface area (Å²) in [5.41, 5.74) is 0.149. The Labute approximate surface area is 197 Å². The molecule has 2 aromatic carbocycles. The summed E-state index contributed by atoms with van der Waals surface area (Å²) >= 11 is 0. The third-order valence-electron chi connectivity index (χ3n) is 5.02. The molecule has 0 radical (unpaired) electrons. The first-order valence-electron chi connectivity index (χ1n) is 10.7. The van der Waals surface area contributed by atoms with E-state index in [1.807, 2.05) is 6.92 Å². The Morgan fingerprint density at radius 1 is 1.06 bits per heavy atom. The van der Waals surface area contributed by atoms with E-state index in [4.69, 9.17) is 4.42 Å². The highest BCUT2D eigenvalue weighted by Gasteiger charge is 2.31. The van der Waals surface area contributed by atoms with E-state index in [2.05, 4.69) is 10.0 Å². The number of carbonyl (C=O) groups excluding carboxylic acids is 2. The molecule has 0 aliphatic rings. The van der Waals surface area contributed by atoms with Crippen LogP contribution < -0.4 is 14.9 Å². The summed E-state index contributed by atoms with van der Waals surface area (Å²) in [6, 6.07) is 15.3. The number of hydrogen-bond donors (Lipinski definition) is 2. The van der Waals surface area contributed by atoms with Crippen molar-refractivity contribution in [1.82, 2.24) is 10.0 Å². The molecule has 0 spiro atoms. The lowest BCUT2D eigenvalue weighted by Crippen LogP contribution is -2.52. The molecule has 1 atom stereocenters. The van der Waals surface area contributed by atoms with E-state index < -0.39 is 40.2 Å². The minimum absolute atomic E-state index is 0.00130. The molecule has 34 heavy (non-hydrogen) atoms. The van der Waals surface area contributed by atoms with Crippen molar-refractivity contribution in [3.8, 4) is 0 Å². The van der Waals surface area contributed by atoms with E-state index in [-0.39, 0.29) is 23.5 Å². The topological polar surface area (TPSA) is 109 Å². The van der Waals surface area contributed by atoms with Crippen LogP contribution in [0.2, 0.25) is 0 Å². The van der Waals surface area contributed by atoms with E-state index >= 15 is 0 Å². The van der Waals surface area contributed by atoms with Gasteiger partial charge in [0.05, 0.1) is 24.2 Å². The molecular weight excluding hydrogens is 461 g/mol. The summed E-state index contributed by atoms with van der Waals surface area (Å²) in [7, 11) is -3.96. The maximum atomic E-state index is 14.0. The van der Waals surface area contributed by atoms with Crippen LogP contribution in [-0.2, 0) is 26.2 Å². The summed E-state index contributed by atoms with van der Waals surface area (Å²) in [6.07, 6.45) is 2.30. The van der Waals surface area contributed by atoms with Gasteiger partial charge in [-0.1, -0.05) is 37.6 Å². The molecule has 3 rings (SSSR count). The third-order valence-corrected chi connectivity index (χ3v) is 6.43. The molecule has 3 aromatic rings. The zero-order valence-electron chi connectivity index (χ0n) is 18.6. The summed E-state index contributed by atoms with van der Waals surface area (Å²) in [6.45, 7) is 1.34. The van der Waals surface area contributed by atoms with Crippen molar-refractivity contribution in [2.75, 3.05) is 11.4 Å². The first-order chi connectivity index (χ1) is 16.3. The van der Waals surface area contributed by atoms with Crippen molar-refractivity contribution in [3.63, 3.8) is 0 Å². The quantitative estimate of drug-likeness (QED) is 0.432. The zero-order valence-corrected chi connectivity index (χ0v) is 19.4. The molecule has 0 bridgehead atoms. The van der Waals surface area contributed by atoms with Gasteiger partial charge in [-0.05, 0) is 48.9 Å². The average molecular weight is 488 g/mol. The van der Waals surface area contributed by atoms with Gasteiger partial charge in [-0.2, -0.15) is 0 Å². The molecule has 0 saturated carbocycles. The Morgan fingerprint density at radius 2 is 1.82 bits per heavy atom. The van der Waals surface area contributed by atoms with Crippen molar-refractivity contribution in [3.05, 3.63) is 84.6 Å². The number of benzene rings is 2. The Morgan fingerprint density at radius 3 is 2.47 bits per heavy atom. The highest BCUT2D eigenvalue weighted by Crippen LogP contribution is 2.22. The number of nitrogens with zero attached hydrogens (tertiary/aromatic N) is 1. The number of hydrogen-bond acceptors (Lipinski definition) is 5. The number of sulfonamides is 1. The van der Waals surface area contributed by atoms with Crippen LogP contribution in [0.4, 0.5) is 10.1 Å². The second-order valence-electron chi connectivity index (χ2n) is 7.48. The lowest BCUT2D eigenvalue weighted by Gasteiger charge is -2.31. The minimum Gasteiger partial charge on any atom is -0.467 e. The molecule has 1 heterocycles. The molecule has 0 fully saturated rings. The van der Waals surface area contributed by atoms with Crippen LogP contribution >= 0.6 is 0 Å². The zero-order chi connectivity index (χ0) is 24.6. The predicted molar refractivity (Wildman–Crippen MR) is 125 cm³/mol. The fourth-order valence-corrected chi connectivity index (χ4v) is 4.40. The van der Waals surface area contributed by atoms with Crippen LogP contribution in [0.3, 0.4) is 0 Å². The number of carbonyl (C=O) groups is 2. The van der Waals surface area contributed by atoms with Crippen LogP contribution in [0.1, 0.15) is 25.5 Å². The number of halogens is 1. The van der Waals surface area contributed by atoms with Crippen molar-refractivity contribution in [2.45, 2.75) is 37.2 Å². The van der Waals surface area contributed by atoms with E-state index in [9.17, 15) is 22.4 Å². The highest BCUT2D eigenvalue weighted by atomic mass is 32.2. The van der Waals surface area contributed by atoms with Gasteiger partial charge in [-0.15, -0.1) is 0 Å². The molecule has 180 valence electrons. The smallest absolute Gasteiger partial charge is 0.243 e. The highest BCUT2D eigenvalue weighted by molar-refractivity contribution is 7.89. The van der Waals surface area contributed by atoms with Gasteiger partial charge < -0.3 is 9.73 Å². The molecule has 8 nitrogen and oxygen atoms in total. The number of nitrogens with one attached hydrogen (secondary N) is 2. The summed E-state index contributed by atoms with van der Waals surface area (Å²) in [4.78, 5) is 27.5. The Hall–Kier alpha value is -3.50. The summed E-state index contributed by atoms with van der Waals surface area (Å²) < 4.78 is 46.7. The molecular formula is C24H26FN3O5S. The largest absolute Gasteiger partial charge is 0.467 e. The monoisotopic (exact) mass is 487 g/mol. The molecule has 2 amide bonds. The van der Waals surface area contributed by atoms with Gasteiger partial charge in [-0.25, -0.2) is 17.5 Å². The first-order valence-corrected chi connectivity index (χ1v) is 12.2. The normalized spacial score (nSPS) is 12.2. The van der Waals surface area contributed by atoms with Crippen LogP contribution in [-0.4, -0.2) is 32.8 Å². The maximum absolute atomic E-state index is 14.0. The second kappa shape index (κ2) is 11.6. The maximum Gasteiger partial charge on any atom is 0.243 e. The van der Waals surface area contributed by atoms with Gasteiger partial charge >= 0.3 is 0 Å². The number of rotatable bonds is 11. The summed E-state index contributed by atoms with van der Waals surface area (Å²) in [5.74, 6) is -1.23. The Balaban J connectivity index is 1.85. The van der Waals surface area contributed by atoms with Gasteiger partial charge in [0.25, 0.3) is 0 Å². The van der Waals surface area contributed by atoms with Crippen LogP contribution in [0, 0.1) is 5.82 Å². The fraction of sp³-hybridized carbons (Fsp3) is 0.250. The van der Waals surface area contributed by atoms with Crippen molar-refractivity contribution >= 4 is 27.5 Å². The fourth-order valence-electron chi connectivity index (χ4n) is 3.40. The van der Waals surface area contributed by atoms with Gasteiger partial charge in [0, 0.05) is 5.69 Å². The van der Waals surface area contributed by atoms with Crippen LogP contribution in [0.15, 0.2) is 82.3 Å². The van der Waals surface area contributed by atoms with Crippen LogP contribution in [0.5, 0.6) is 0 Å². The Bertz CT molecular complexity index is 1200. The predicted octanol–water partition coefficient (Wildman–Crippen LogP) is 3.22. The average Bonchev–Trinajstić information content (AvgIpc) is 3.35. The van der Waals surface area contributed by atoms with Crippen molar-refractivity contribution < 1.29 is 26.8 Å². The lowest BCUT2D eigenvalue weighted by atomic mass is 10.1. The lowest BCUT2D eigenvalue weighted by molar-refractivity contribution is -0.126. The van der Waals surface area contributed by atoms with E-state index in [0.717, 1.165) is 11.0 Å². The van der Waals surface area contributed by atoms with E-state index in [1.54, 1.807) is 30.3 Å². The van der Waals surface area contributed by atoms with Gasteiger partial charge in [0.15, 0.2) is 0 Å².